The molecule has 0 saturated heterocycles. The Morgan fingerprint density at radius 2 is 1.24 bits per heavy atom. The van der Waals surface area contributed by atoms with Gasteiger partial charge in [0.1, 0.15) is 0 Å². The zero-order valence-electron chi connectivity index (χ0n) is 19.1. The fourth-order valence-electron chi connectivity index (χ4n) is 5.14. The summed E-state index contributed by atoms with van der Waals surface area (Å²) >= 11 is 4.57. The van der Waals surface area contributed by atoms with Gasteiger partial charge in [0.25, 0.3) is 0 Å². The molecular formula is C30H26BrN2P. The van der Waals surface area contributed by atoms with E-state index in [9.17, 15) is 5.26 Å². The van der Waals surface area contributed by atoms with Crippen LogP contribution in [-0.2, 0) is 12.7 Å². The summed E-state index contributed by atoms with van der Waals surface area (Å²) in [7, 11) is 0. The Labute approximate surface area is 209 Å². The number of halogens is 1. The molecule has 168 valence electrons. The van der Waals surface area contributed by atoms with E-state index in [0.717, 1.165) is 18.1 Å². The molecule has 5 rings (SSSR count). The third kappa shape index (κ3) is 3.50. The van der Waals surface area contributed by atoms with Gasteiger partial charge in [0.15, 0.2) is 0 Å². The van der Waals surface area contributed by atoms with E-state index in [4.69, 9.17) is 0 Å². The predicted molar refractivity (Wildman–Crippen MR) is 150 cm³/mol. The van der Waals surface area contributed by atoms with Crippen molar-refractivity contribution in [1.82, 2.24) is 4.57 Å². The topological polar surface area (TPSA) is 28.7 Å². The molecule has 0 aliphatic rings. The summed E-state index contributed by atoms with van der Waals surface area (Å²) in [5.41, 5.74) is 3.12. The van der Waals surface area contributed by atoms with Crippen molar-refractivity contribution in [1.29, 1.82) is 5.26 Å². The van der Waals surface area contributed by atoms with Crippen LogP contribution in [-0.4, -0.2) is 4.57 Å². The van der Waals surface area contributed by atoms with Crippen LogP contribution in [0.4, 0.5) is 0 Å². The van der Waals surface area contributed by atoms with E-state index in [1.165, 1.54) is 27.1 Å². The van der Waals surface area contributed by atoms with Crippen LogP contribution in [0.1, 0.15) is 18.2 Å². The molecule has 0 fully saturated rings. The molecule has 4 heteroatoms. The van der Waals surface area contributed by atoms with Crippen LogP contribution in [0, 0.1) is 11.3 Å². The van der Waals surface area contributed by atoms with Gasteiger partial charge >= 0.3 is 210 Å². The fourth-order valence-corrected chi connectivity index (χ4v) is 12.7. The Kier molecular flexibility index (Phi) is 5.90. The second-order valence-electron chi connectivity index (χ2n) is 8.61. The number of benzene rings is 4. The predicted octanol–water partition coefficient (Wildman–Crippen LogP) is 6.87. The van der Waals surface area contributed by atoms with Crippen LogP contribution >= 0.6 is 20.8 Å². The van der Waals surface area contributed by atoms with Gasteiger partial charge in [0.05, 0.1) is 0 Å². The van der Waals surface area contributed by atoms with Gasteiger partial charge < -0.3 is 0 Å². The average Bonchev–Trinajstić information content (AvgIpc) is 3.25. The molecule has 2 nitrogen and oxygen atoms in total. The van der Waals surface area contributed by atoms with Crippen molar-refractivity contribution in [3.05, 3.63) is 127 Å². The molecule has 0 aliphatic heterocycles. The molecular weight excluding hydrogens is 499 g/mol. The Balaban J connectivity index is 1.86. The van der Waals surface area contributed by atoms with Crippen molar-refractivity contribution in [2.24, 2.45) is 0 Å². The monoisotopic (exact) mass is 524 g/mol. The summed E-state index contributed by atoms with van der Waals surface area (Å²) in [6, 6.07) is 43.2. The molecule has 0 spiro atoms. The molecule has 0 amide bonds. The minimum absolute atomic E-state index is 0.692. The van der Waals surface area contributed by atoms with Gasteiger partial charge in [-0.25, -0.2) is 0 Å². The standard InChI is InChI=1S/C30H26BrN2P/c1-2-33-26(21-25-20-24(22-32)18-19-30(25)33)23-34(31,27-12-6-3-7-13-27,28-14-8-4-9-15-28)29-16-10-5-11-17-29/h3-21H,2,23H2,1H3. The molecule has 0 radical (unpaired) electrons. The number of aryl methyl sites for hydroxylation is 1. The van der Waals surface area contributed by atoms with Crippen LogP contribution in [0.5, 0.6) is 0 Å². The van der Waals surface area contributed by atoms with Crippen LogP contribution in [0.15, 0.2) is 115 Å². The number of aromatic nitrogens is 1. The van der Waals surface area contributed by atoms with Gasteiger partial charge in [-0.3, -0.25) is 0 Å². The van der Waals surface area contributed by atoms with E-state index in [0.29, 0.717) is 5.56 Å². The molecule has 1 aromatic heterocycles. The number of nitrogens with zero attached hydrogens (tertiary/aromatic N) is 2. The summed E-state index contributed by atoms with van der Waals surface area (Å²) in [6.07, 6.45) is 0.827. The minimum atomic E-state index is -3.09. The van der Waals surface area contributed by atoms with E-state index < -0.39 is 5.31 Å². The van der Waals surface area contributed by atoms with Gasteiger partial charge in [-0.1, -0.05) is 0 Å². The maximum atomic E-state index is 9.45. The third-order valence-corrected chi connectivity index (χ3v) is 16.3. The maximum absolute atomic E-state index is 9.45. The van der Waals surface area contributed by atoms with Gasteiger partial charge in [-0.2, -0.15) is 0 Å². The molecule has 0 atom stereocenters. The van der Waals surface area contributed by atoms with E-state index >= 15 is 0 Å². The molecule has 0 aliphatic carbocycles. The van der Waals surface area contributed by atoms with Crippen LogP contribution in [0.2, 0.25) is 0 Å². The number of hydrogen-bond acceptors (Lipinski definition) is 1. The van der Waals surface area contributed by atoms with Crippen molar-refractivity contribution >= 4 is 47.6 Å². The van der Waals surface area contributed by atoms with Crippen molar-refractivity contribution in [3.63, 3.8) is 0 Å². The SMILES string of the molecule is CCn1c(CP(Br)(c2ccccc2)(c2ccccc2)c2ccccc2)cc2cc(C#N)ccc21. The first-order valence-electron chi connectivity index (χ1n) is 11.5. The first-order valence-corrected chi connectivity index (χ1v) is 15.9. The van der Waals surface area contributed by atoms with Crippen molar-refractivity contribution in [3.8, 4) is 6.07 Å². The molecule has 0 unspecified atom stereocenters. The van der Waals surface area contributed by atoms with Gasteiger partial charge in [0, 0.05) is 0 Å². The quantitative estimate of drug-likeness (QED) is 0.223. The Bertz CT molecular complexity index is 1390. The molecule has 0 bridgehead atoms. The second-order valence-corrected chi connectivity index (χ2v) is 17.5. The van der Waals surface area contributed by atoms with Gasteiger partial charge in [-0.15, -0.1) is 0 Å². The zero-order valence-corrected chi connectivity index (χ0v) is 21.6. The average molecular weight is 525 g/mol. The zero-order chi connectivity index (χ0) is 23.6. The molecule has 0 N–H and O–H groups in total. The summed E-state index contributed by atoms with van der Waals surface area (Å²) < 4.78 is 2.40. The Hall–Kier alpha value is -3.18. The molecule has 4 aromatic carbocycles. The van der Waals surface area contributed by atoms with Crippen molar-refractivity contribution < 1.29 is 0 Å². The molecule has 1 heterocycles. The summed E-state index contributed by atoms with van der Waals surface area (Å²) in [6.45, 7) is 3.06. The van der Waals surface area contributed by atoms with Gasteiger partial charge in [-0.05, 0) is 0 Å². The van der Waals surface area contributed by atoms with Crippen molar-refractivity contribution in [2.45, 2.75) is 19.6 Å². The summed E-state index contributed by atoms with van der Waals surface area (Å²) in [5.74, 6) is 0. The van der Waals surface area contributed by atoms with E-state index in [1.807, 2.05) is 12.1 Å². The number of fused-ring (bicyclic) bond motifs is 1. The number of nitriles is 1. The van der Waals surface area contributed by atoms with Crippen molar-refractivity contribution in [2.75, 3.05) is 0 Å². The van der Waals surface area contributed by atoms with Crippen LogP contribution in [0.25, 0.3) is 10.9 Å². The Morgan fingerprint density at radius 3 is 1.68 bits per heavy atom. The second kappa shape index (κ2) is 8.88. The molecule has 34 heavy (non-hydrogen) atoms. The van der Waals surface area contributed by atoms with E-state index in [2.05, 4.69) is 136 Å². The summed E-state index contributed by atoms with van der Waals surface area (Å²) in [4.78, 5) is 0. The van der Waals surface area contributed by atoms with Crippen LogP contribution in [0.3, 0.4) is 0 Å². The van der Waals surface area contributed by atoms with E-state index in [-0.39, 0.29) is 0 Å². The third-order valence-electron chi connectivity index (χ3n) is 6.78. The van der Waals surface area contributed by atoms with Crippen LogP contribution < -0.4 is 15.9 Å². The molecule has 0 saturated carbocycles. The fraction of sp³-hybridized carbons (Fsp3) is 0.100. The first-order chi connectivity index (χ1) is 16.6. The summed E-state index contributed by atoms with van der Waals surface area (Å²) in [5, 5.41) is 11.4. The van der Waals surface area contributed by atoms with E-state index in [1.54, 1.807) is 0 Å². The van der Waals surface area contributed by atoms with Gasteiger partial charge in [0.2, 0.25) is 0 Å². The number of hydrogen-bond donors (Lipinski definition) is 0. The normalized spacial score (nSPS) is 12.7. The first kappa shape index (κ1) is 22.6. The number of rotatable bonds is 6. The Morgan fingerprint density at radius 1 is 0.735 bits per heavy atom. The molecule has 5 aromatic rings.